The van der Waals surface area contributed by atoms with Gasteiger partial charge < -0.3 is 15.5 Å². The van der Waals surface area contributed by atoms with Crippen LogP contribution in [0.2, 0.25) is 19.6 Å². The predicted octanol–water partition coefficient (Wildman–Crippen LogP) is 3.61. The lowest BCUT2D eigenvalue weighted by Gasteiger charge is -2.10. The number of hydrogen-bond donors (Lipinski definition) is 3. The van der Waals surface area contributed by atoms with Crippen molar-refractivity contribution in [3.8, 4) is 17.5 Å². The molecule has 0 fully saturated rings. The van der Waals surface area contributed by atoms with Gasteiger partial charge in [-0.15, -0.1) is 5.54 Å². The van der Waals surface area contributed by atoms with Gasteiger partial charge in [-0.25, -0.2) is 0 Å². The van der Waals surface area contributed by atoms with Crippen molar-refractivity contribution in [1.29, 1.82) is 5.26 Å². The van der Waals surface area contributed by atoms with Crippen molar-refractivity contribution in [2.75, 3.05) is 5.32 Å². The summed E-state index contributed by atoms with van der Waals surface area (Å²) in [4.78, 5) is 12.1. The highest BCUT2D eigenvalue weighted by Gasteiger charge is 2.30. The summed E-state index contributed by atoms with van der Waals surface area (Å²) in [6, 6.07) is 5.14. The first-order valence-corrected chi connectivity index (χ1v) is 11.3. The van der Waals surface area contributed by atoms with Crippen LogP contribution in [0.5, 0.6) is 0 Å². The zero-order valence-corrected chi connectivity index (χ0v) is 16.0. The van der Waals surface area contributed by atoms with Gasteiger partial charge in [-0.1, -0.05) is 25.6 Å². The summed E-state index contributed by atoms with van der Waals surface area (Å²) >= 11 is 0. The van der Waals surface area contributed by atoms with Gasteiger partial charge in [0, 0.05) is 12.1 Å². The number of anilines is 1. The third-order valence-electron chi connectivity index (χ3n) is 3.10. The third-order valence-corrected chi connectivity index (χ3v) is 3.99. The molecule has 1 amide bonds. The molecule has 1 aromatic carbocycles. The number of halogens is 3. The number of carbonyl (C=O) groups excluding carboxylic acids is 1. The number of nitriles is 1. The van der Waals surface area contributed by atoms with Crippen LogP contribution < -0.4 is 5.32 Å². The lowest BCUT2D eigenvalue weighted by Crippen LogP contribution is -2.19. The summed E-state index contributed by atoms with van der Waals surface area (Å²) in [5, 5.41) is 31.1. The van der Waals surface area contributed by atoms with Crippen LogP contribution in [-0.4, -0.2) is 30.3 Å². The molecule has 3 N–H and O–H groups in total. The van der Waals surface area contributed by atoms with Crippen molar-refractivity contribution < 1.29 is 28.2 Å². The quantitative estimate of drug-likeness (QED) is 0.238. The summed E-state index contributed by atoms with van der Waals surface area (Å²) in [7, 11) is -1.74. The van der Waals surface area contributed by atoms with Gasteiger partial charge in [0.15, 0.2) is 5.57 Å². The maximum atomic E-state index is 12.5. The van der Waals surface area contributed by atoms with Gasteiger partial charge in [0.2, 0.25) is 0 Å². The Hall–Kier alpha value is -2.75. The summed E-state index contributed by atoms with van der Waals surface area (Å²) < 4.78 is 37.6. The first-order chi connectivity index (χ1) is 12.3. The second kappa shape index (κ2) is 8.76. The van der Waals surface area contributed by atoms with Gasteiger partial charge in [-0.2, -0.15) is 18.4 Å². The molecule has 1 atom stereocenters. The highest BCUT2D eigenvalue weighted by Crippen LogP contribution is 2.29. The van der Waals surface area contributed by atoms with Crippen LogP contribution in [0.15, 0.2) is 35.6 Å². The lowest BCUT2D eigenvalue weighted by molar-refractivity contribution is -0.137. The summed E-state index contributed by atoms with van der Waals surface area (Å²) in [6.07, 6.45) is -6.18. The third kappa shape index (κ3) is 7.56. The van der Waals surface area contributed by atoms with Gasteiger partial charge >= 0.3 is 6.18 Å². The molecule has 0 heterocycles. The van der Waals surface area contributed by atoms with E-state index < -0.39 is 49.6 Å². The van der Waals surface area contributed by atoms with E-state index in [0.29, 0.717) is 0 Å². The Morgan fingerprint density at radius 3 is 2.26 bits per heavy atom. The first-order valence-electron chi connectivity index (χ1n) is 7.85. The van der Waals surface area contributed by atoms with Crippen molar-refractivity contribution in [1.82, 2.24) is 0 Å². The zero-order valence-electron chi connectivity index (χ0n) is 15.0. The molecule has 144 valence electrons. The largest absolute Gasteiger partial charge is 0.511 e. The van der Waals surface area contributed by atoms with Crippen molar-refractivity contribution in [3.63, 3.8) is 0 Å². The fourth-order valence-corrected chi connectivity index (χ4v) is 2.42. The number of hydrogen-bond acceptors (Lipinski definition) is 4. The number of aliphatic hydroxyl groups excluding tert-OH is 2. The molecule has 5 nitrogen and oxygen atoms in total. The molecule has 0 aromatic heterocycles. The molecular formula is C18H19F3N2O3Si. The molecule has 0 spiro atoms. The predicted molar refractivity (Wildman–Crippen MR) is 97.1 cm³/mol. The molecule has 0 aliphatic rings. The Kier molecular flexibility index (Phi) is 7.23. The molecule has 1 rings (SSSR count). The first kappa shape index (κ1) is 22.3. The molecule has 0 saturated heterocycles. The SMILES string of the molecule is C[Si](C)(C)C#CC(O)CC(O)=C(C#N)C(=O)Nc1ccc(C(F)(F)F)cc1. The van der Waals surface area contributed by atoms with Crippen LogP contribution in [0, 0.1) is 22.8 Å². The second-order valence-electron chi connectivity index (χ2n) is 6.70. The smallest absolute Gasteiger partial charge is 0.416 e. The van der Waals surface area contributed by atoms with E-state index in [1.165, 1.54) is 6.07 Å². The average Bonchev–Trinajstić information content (AvgIpc) is 2.52. The number of nitrogens with one attached hydrogen (secondary N) is 1. The van der Waals surface area contributed by atoms with Crippen LogP contribution in [0.3, 0.4) is 0 Å². The molecule has 0 radical (unpaired) electrons. The number of nitrogens with zero attached hydrogens (tertiary/aromatic N) is 1. The Bertz CT molecular complexity index is 823. The highest BCUT2D eigenvalue weighted by molar-refractivity contribution is 6.83. The van der Waals surface area contributed by atoms with E-state index in [1.54, 1.807) is 0 Å². The van der Waals surface area contributed by atoms with Gasteiger partial charge in [0.05, 0.1) is 5.56 Å². The van der Waals surface area contributed by atoms with E-state index in [2.05, 4.69) is 16.8 Å². The maximum absolute atomic E-state index is 12.5. The van der Waals surface area contributed by atoms with Crippen molar-refractivity contribution >= 4 is 19.7 Å². The molecular weight excluding hydrogens is 377 g/mol. The molecule has 1 aromatic rings. The number of rotatable bonds is 4. The molecule has 0 aliphatic carbocycles. The zero-order chi connectivity index (χ0) is 20.8. The second-order valence-corrected chi connectivity index (χ2v) is 11.5. The number of aliphatic hydroxyl groups is 2. The maximum Gasteiger partial charge on any atom is 0.416 e. The van der Waals surface area contributed by atoms with Crippen LogP contribution in [0.1, 0.15) is 12.0 Å². The van der Waals surface area contributed by atoms with Gasteiger partial charge in [0.1, 0.15) is 26.0 Å². The topological polar surface area (TPSA) is 93.3 Å². The number of amides is 1. The number of carbonyl (C=O) groups is 1. The monoisotopic (exact) mass is 396 g/mol. The molecule has 0 aliphatic heterocycles. The minimum absolute atomic E-state index is 0.0209. The van der Waals surface area contributed by atoms with Crippen LogP contribution in [0.4, 0.5) is 18.9 Å². The Morgan fingerprint density at radius 2 is 1.81 bits per heavy atom. The fourth-order valence-electron chi connectivity index (χ4n) is 1.82. The van der Waals surface area contributed by atoms with Gasteiger partial charge in [0.25, 0.3) is 5.91 Å². The Labute approximate surface area is 156 Å². The minimum Gasteiger partial charge on any atom is -0.511 e. The van der Waals surface area contributed by atoms with Crippen molar-refractivity contribution in [3.05, 3.63) is 41.2 Å². The number of alkyl halides is 3. The lowest BCUT2D eigenvalue weighted by atomic mass is 10.1. The van der Waals surface area contributed by atoms with E-state index in [4.69, 9.17) is 5.26 Å². The molecule has 1 unspecified atom stereocenters. The molecule has 9 heteroatoms. The Balaban J connectivity index is 2.90. The van der Waals surface area contributed by atoms with E-state index in [-0.39, 0.29) is 5.69 Å². The summed E-state index contributed by atoms with van der Waals surface area (Å²) in [5.74, 6) is 0.914. The van der Waals surface area contributed by atoms with Crippen molar-refractivity contribution in [2.45, 2.75) is 38.3 Å². The van der Waals surface area contributed by atoms with Gasteiger partial charge in [-0.3, -0.25) is 4.79 Å². The Morgan fingerprint density at radius 1 is 1.26 bits per heavy atom. The summed E-state index contributed by atoms with van der Waals surface area (Å²) in [6.45, 7) is 5.88. The summed E-state index contributed by atoms with van der Waals surface area (Å²) in [5.41, 5.74) is 1.39. The van der Waals surface area contributed by atoms with Crippen LogP contribution >= 0.6 is 0 Å². The average molecular weight is 396 g/mol. The minimum atomic E-state index is -4.51. The van der Waals surface area contributed by atoms with E-state index in [0.717, 1.165) is 24.3 Å². The highest BCUT2D eigenvalue weighted by atomic mass is 28.3. The van der Waals surface area contributed by atoms with Crippen LogP contribution in [0.25, 0.3) is 0 Å². The van der Waals surface area contributed by atoms with Crippen molar-refractivity contribution in [2.24, 2.45) is 0 Å². The molecule has 27 heavy (non-hydrogen) atoms. The molecule has 0 bridgehead atoms. The van der Waals surface area contributed by atoms with E-state index >= 15 is 0 Å². The normalized spacial score (nSPS) is 13.6. The van der Waals surface area contributed by atoms with Crippen LogP contribution in [-0.2, 0) is 11.0 Å². The van der Waals surface area contributed by atoms with E-state index in [1.807, 2.05) is 19.6 Å². The van der Waals surface area contributed by atoms with Gasteiger partial charge in [-0.05, 0) is 24.3 Å². The number of benzene rings is 1. The fraction of sp³-hybridized carbons (Fsp3) is 0.333. The van der Waals surface area contributed by atoms with E-state index in [9.17, 15) is 28.2 Å². The standard InChI is InChI=1S/C18H19F3N2O3Si/c1-27(2,3)9-8-14(24)10-16(25)15(11-22)17(26)23-13-6-4-12(5-7-13)18(19,20)21/h4-7,14,24-25H,10H2,1-3H3,(H,23,26). The molecule has 0 saturated carbocycles.